The van der Waals surface area contributed by atoms with E-state index in [1.54, 1.807) is 66.7 Å². The van der Waals surface area contributed by atoms with Crippen LogP contribution in [-0.2, 0) is 4.74 Å². The van der Waals surface area contributed by atoms with Gasteiger partial charge in [-0.05, 0) is 58.4 Å². The molecule has 4 rings (SSSR count). The summed E-state index contributed by atoms with van der Waals surface area (Å²) in [5.41, 5.74) is 1.32. The van der Waals surface area contributed by atoms with E-state index in [9.17, 15) is 9.59 Å². The lowest BCUT2D eigenvalue weighted by Crippen LogP contribution is -2.37. The maximum Gasteiger partial charge on any atom is 0.265 e. The minimum atomic E-state index is -0.414. The van der Waals surface area contributed by atoms with Crippen molar-refractivity contribution in [3.63, 3.8) is 0 Å². The minimum absolute atomic E-state index is 0.139. The van der Waals surface area contributed by atoms with E-state index in [2.05, 4.69) is 15.9 Å². The molecular formula is C23H18BrNO4. The number of carbonyl (C=O) groups is 2. The van der Waals surface area contributed by atoms with E-state index in [4.69, 9.17) is 9.47 Å². The molecule has 1 unspecified atom stereocenters. The molecule has 0 N–H and O–H groups in total. The summed E-state index contributed by atoms with van der Waals surface area (Å²) in [5, 5.41) is 0. The summed E-state index contributed by atoms with van der Waals surface area (Å²) in [5.74, 6) is -0.176. The zero-order chi connectivity index (χ0) is 20.2. The third-order valence-corrected chi connectivity index (χ3v) is 5.07. The number of carbonyl (C=O) groups excluding carboxylic acids is 2. The maximum absolute atomic E-state index is 13.3. The van der Waals surface area contributed by atoms with Crippen LogP contribution in [0.5, 0.6) is 5.75 Å². The van der Waals surface area contributed by atoms with Crippen LogP contribution in [0.4, 0.5) is 5.69 Å². The SMILES string of the molecule is O=C(c1ccccc1)N(C(=O)c1ccc(OCC2CO2)c(Br)c1)c1ccccc1. The summed E-state index contributed by atoms with van der Waals surface area (Å²) < 4.78 is 11.5. The summed E-state index contributed by atoms with van der Waals surface area (Å²) in [6, 6.07) is 22.7. The fraction of sp³-hybridized carbons (Fsp3) is 0.130. The molecule has 0 bridgehead atoms. The molecule has 6 heteroatoms. The number of halogens is 1. The molecule has 0 saturated carbocycles. The van der Waals surface area contributed by atoms with Crippen molar-refractivity contribution in [1.29, 1.82) is 0 Å². The smallest absolute Gasteiger partial charge is 0.265 e. The Hall–Kier alpha value is -2.96. The van der Waals surface area contributed by atoms with Gasteiger partial charge in [0.15, 0.2) is 0 Å². The molecule has 1 aliphatic heterocycles. The molecule has 29 heavy (non-hydrogen) atoms. The fourth-order valence-corrected chi connectivity index (χ4v) is 3.33. The third-order valence-electron chi connectivity index (χ3n) is 4.45. The van der Waals surface area contributed by atoms with Crippen molar-refractivity contribution < 1.29 is 19.1 Å². The van der Waals surface area contributed by atoms with Crippen LogP contribution in [0.15, 0.2) is 83.3 Å². The lowest BCUT2D eigenvalue weighted by Gasteiger charge is -2.21. The van der Waals surface area contributed by atoms with Gasteiger partial charge in [0.05, 0.1) is 16.8 Å². The zero-order valence-electron chi connectivity index (χ0n) is 15.5. The van der Waals surface area contributed by atoms with Gasteiger partial charge in [-0.3, -0.25) is 9.59 Å². The Morgan fingerprint density at radius 3 is 2.17 bits per heavy atom. The van der Waals surface area contributed by atoms with Gasteiger partial charge in [0.25, 0.3) is 11.8 Å². The molecule has 3 aromatic rings. The molecule has 1 heterocycles. The molecule has 0 aromatic heterocycles. The third kappa shape index (κ3) is 4.55. The Bertz CT molecular complexity index is 1020. The van der Waals surface area contributed by atoms with Gasteiger partial charge in [0.1, 0.15) is 18.5 Å². The van der Waals surface area contributed by atoms with Crippen LogP contribution in [0.25, 0.3) is 0 Å². The molecule has 3 aromatic carbocycles. The molecule has 0 aliphatic carbocycles. The number of imide groups is 1. The van der Waals surface area contributed by atoms with Crippen molar-refractivity contribution in [3.05, 3.63) is 94.5 Å². The molecule has 1 atom stereocenters. The average molecular weight is 452 g/mol. The second kappa shape index (κ2) is 8.59. The second-order valence-corrected chi connectivity index (χ2v) is 7.41. The van der Waals surface area contributed by atoms with Crippen molar-refractivity contribution in [2.24, 2.45) is 0 Å². The highest BCUT2D eigenvalue weighted by Gasteiger charge is 2.27. The van der Waals surface area contributed by atoms with Crippen LogP contribution in [0.3, 0.4) is 0 Å². The number of epoxide rings is 1. The highest BCUT2D eigenvalue weighted by atomic mass is 79.9. The first-order valence-electron chi connectivity index (χ1n) is 9.16. The fourth-order valence-electron chi connectivity index (χ4n) is 2.84. The van der Waals surface area contributed by atoms with E-state index in [1.807, 2.05) is 12.1 Å². The summed E-state index contributed by atoms with van der Waals surface area (Å²) in [4.78, 5) is 27.7. The average Bonchev–Trinajstić information content (AvgIpc) is 3.59. The lowest BCUT2D eigenvalue weighted by atomic mass is 10.1. The van der Waals surface area contributed by atoms with E-state index in [-0.39, 0.29) is 12.0 Å². The van der Waals surface area contributed by atoms with Crippen LogP contribution >= 0.6 is 15.9 Å². The molecule has 0 radical (unpaired) electrons. The normalized spacial score (nSPS) is 14.9. The van der Waals surface area contributed by atoms with Gasteiger partial charge in [0.2, 0.25) is 0 Å². The van der Waals surface area contributed by atoms with Crippen molar-refractivity contribution in [2.75, 3.05) is 18.1 Å². The largest absolute Gasteiger partial charge is 0.490 e. The highest BCUT2D eigenvalue weighted by Crippen LogP contribution is 2.29. The second-order valence-electron chi connectivity index (χ2n) is 6.56. The number of amides is 2. The van der Waals surface area contributed by atoms with Gasteiger partial charge in [-0.15, -0.1) is 0 Å². The molecule has 0 spiro atoms. The molecule has 1 fully saturated rings. The van der Waals surface area contributed by atoms with Gasteiger partial charge in [-0.25, -0.2) is 4.90 Å². The Morgan fingerprint density at radius 2 is 1.55 bits per heavy atom. The van der Waals surface area contributed by atoms with E-state index >= 15 is 0 Å². The van der Waals surface area contributed by atoms with Crippen molar-refractivity contribution >= 4 is 33.4 Å². The van der Waals surface area contributed by atoms with E-state index in [0.29, 0.717) is 40.3 Å². The number of rotatable bonds is 6. The topological polar surface area (TPSA) is 59.1 Å². The number of ether oxygens (including phenoxy) is 2. The van der Waals surface area contributed by atoms with Gasteiger partial charge in [-0.2, -0.15) is 0 Å². The Labute approximate surface area is 177 Å². The molecule has 146 valence electrons. The molecule has 5 nitrogen and oxygen atoms in total. The van der Waals surface area contributed by atoms with Crippen LogP contribution in [0.1, 0.15) is 20.7 Å². The first-order chi connectivity index (χ1) is 14.1. The van der Waals surface area contributed by atoms with Crippen LogP contribution < -0.4 is 9.64 Å². The number of benzene rings is 3. The maximum atomic E-state index is 13.3. The predicted molar refractivity (Wildman–Crippen MR) is 113 cm³/mol. The van der Waals surface area contributed by atoms with Crippen molar-refractivity contribution in [3.8, 4) is 5.75 Å². The molecule has 1 aliphatic rings. The lowest BCUT2D eigenvalue weighted by molar-refractivity contribution is 0.0897. The highest BCUT2D eigenvalue weighted by molar-refractivity contribution is 9.10. The van der Waals surface area contributed by atoms with Crippen LogP contribution in [0, 0.1) is 0 Å². The number of anilines is 1. The zero-order valence-corrected chi connectivity index (χ0v) is 17.0. The van der Waals surface area contributed by atoms with Gasteiger partial charge in [0, 0.05) is 11.1 Å². The number of hydrogen-bond acceptors (Lipinski definition) is 4. The van der Waals surface area contributed by atoms with Crippen molar-refractivity contribution in [1.82, 2.24) is 0 Å². The van der Waals surface area contributed by atoms with Crippen LogP contribution in [0.2, 0.25) is 0 Å². The van der Waals surface area contributed by atoms with E-state index in [0.717, 1.165) is 0 Å². The minimum Gasteiger partial charge on any atom is -0.490 e. The molecule has 1 saturated heterocycles. The summed E-state index contributed by atoms with van der Waals surface area (Å²) >= 11 is 3.45. The summed E-state index contributed by atoms with van der Waals surface area (Å²) in [7, 11) is 0. The van der Waals surface area contributed by atoms with Gasteiger partial charge >= 0.3 is 0 Å². The first kappa shape index (κ1) is 19.4. The quantitative estimate of drug-likeness (QED) is 0.402. The summed E-state index contributed by atoms with van der Waals surface area (Å²) in [6.45, 7) is 1.18. The van der Waals surface area contributed by atoms with Gasteiger partial charge in [-0.1, -0.05) is 36.4 Å². The number of nitrogens with zero attached hydrogens (tertiary/aromatic N) is 1. The standard InChI is InChI=1S/C23H18BrNO4/c24-20-13-17(11-12-21(20)29-15-19-14-28-19)23(27)25(18-9-5-2-6-10-18)22(26)16-7-3-1-4-8-16/h1-13,19H,14-15H2. The van der Waals surface area contributed by atoms with Crippen LogP contribution in [-0.4, -0.2) is 31.1 Å². The van der Waals surface area contributed by atoms with Gasteiger partial charge < -0.3 is 9.47 Å². The Morgan fingerprint density at radius 1 is 0.931 bits per heavy atom. The van der Waals surface area contributed by atoms with E-state index < -0.39 is 5.91 Å². The monoisotopic (exact) mass is 451 g/mol. The molecule has 2 amide bonds. The number of para-hydroxylation sites is 1. The van der Waals surface area contributed by atoms with Crippen molar-refractivity contribution in [2.45, 2.75) is 6.10 Å². The van der Waals surface area contributed by atoms with E-state index in [1.165, 1.54) is 4.90 Å². The first-order valence-corrected chi connectivity index (χ1v) is 9.95. The predicted octanol–water partition coefficient (Wildman–Crippen LogP) is 4.71. The molecular weight excluding hydrogens is 434 g/mol. The number of hydrogen-bond donors (Lipinski definition) is 0. The summed E-state index contributed by atoms with van der Waals surface area (Å²) in [6.07, 6.45) is 0.139. The Balaban J connectivity index is 1.64. The Kier molecular flexibility index (Phi) is 5.74.